The number of sulfonamides is 1. The van der Waals surface area contributed by atoms with Crippen LogP contribution in [-0.4, -0.2) is 32.0 Å². The summed E-state index contributed by atoms with van der Waals surface area (Å²) >= 11 is 4.81. The maximum Gasteiger partial charge on any atom is 0.245 e. The zero-order valence-corrected chi connectivity index (χ0v) is 15.6. The van der Waals surface area contributed by atoms with Crippen LogP contribution in [0.15, 0.2) is 20.0 Å². The molecule has 1 saturated carbocycles. The molecule has 1 fully saturated rings. The summed E-state index contributed by atoms with van der Waals surface area (Å²) in [5.41, 5.74) is 0. The first-order valence-electron chi connectivity index (χ1n) is 6.80. The lowest BCUT2D eigenvalue weighted by atomic mass is 10.2. The van der Waals surface area contributed by atoms with E-state index in [1.54, 1.807) is 17.8 Å². The molecule has 0 aliphatic heterocycles. The average Bonchev–Trinajstić information content (AvgIpc) is 3.17. The highest BCUT2D eigenvalue weighted by Crippen LogP contribution is 2.28. The van der Waals surface area contributed by atoms with E-state index < -0.39 is 10.0 Å². The molecule has 0 unspecified atom stereocenters. The van der Waals surface area contributed by atoms with E-state index >= 15 is 0 Å². The molecule has 8 heteroatoms. The van der Waals surface area contributed by atoms with Crippen molar-refractivity contribution < 1.29 is 12.8 Å². The molecule has 1 aromatic rings. The molecule has 5 nitrogen and oxygen atoms in total. The van der Waals surface area contributed by atoms with Crippen LogP contribution in [0.3, 0.4) is 0 Å². The minimum absolute atomic E-state index is 0.153. The van der Waals surface area contributed by atoms with Gasteiger partial charge in [-0.25, -0.2) is 13.1 Å². The quantitative estimate of drug-likeness (QED) is 0.706. The summed E-state index contributed by atoms with van der Waals surface area (Å²) in [6.07, 6.45) is 4.32. The number of rotatable bonds is 8. The van der Waals surface area contributed by atoms with Crippen LogP contribution < -0.4 is 10.0 Å². The van der Waals surface area contributed by atoms with Crippen molar-refractivity contribution in [3.8, 4) is 0 Å². The monoisotopic (exact) mass is 396 g/mol. The van der Waals surface area contributed by atoms with Crippen molar-refractivity contribution in [1.29, 1.82) is 0 Å². The minimum atomic E-state index is -3.57. The number of hydrogen-bond donors (Lipinski definition) is 2. The fourth-order valence-electron chi connectivity index (χ4n) is 1.62. The molecule has 21 heavy (non-hydrogen) atoms. The van der Waals surface area contributed by atoms with Crippen molar-refractivity contribution in [3.63, 3.8) is 0 Å². The van der Waals surface area contributed by atoms with Gasteiger partial charge in [0.1, 0.15) is 10.7 Å². The maximum absolute atomic E-state index is 12.3. The third-order valence-corrected chi connectivity index (χ3v) is 6.89. The highest BCUT2D eigenvalue weighted by atomic mass is 79.9. The van der Waals surface area contributed by atoms with Crippen molar-refractivity contribution in [2.75, 3.05) is 12.8 Å². The van der Waals surface area contributed by atoms with Crippen molar-refractivity contribution in [3.05, 3.63) is 16.5 Å². The molecule has 0 spiro atoms. The van der Waals surface area contributed by atoms with E-state index in [4.69, 9.17) is 4.42 Å². The largest absolute Gasteiger partial charge is 0.452 e. The van der Waals surface area contributed by atoms with Crippen LogP contribution in [-0.2, 0) is 16.6 Å². The summed E-state index contributed by atoms with van der Waals surface area (Å²) in [6, 6.07) is 2.13. The average molecular weight is 397 g/mol. The molecular weight excluding hydrogens is 376 g/mol. The topological polar surface area (TPSA) is 71.3 Å². The number of furan rings is 1. The summed E-state index contributed by atoms with van der Waals surface area (Å²) < 4.78 is 32.9. The van der Waals surface area contributed by atoms with E-state index in [1.807, 2.05) is 20.1 Å². The van der Waals surface area contributed by atoms with Crippen molar-refractivity contribution in [2.24, 2.45) is 0 Å². The molecule has 0 bridgehead atoms. The molecule has 1 aliphatic carbocycles. The second-order valence-electron chi connectivity index (χ2n) is 5.79. The van der Waals surface area contributed by atoms with E-state index in [0.717, 1.165) is 0 Å². The molecule has 120 valence electrons. The SMILES string of the molecule is CSC(C)(C)CNS(=O)(=O)c1cc(CNC2CC2)oc1Br. The lowest BCUT2D eigenvalue weighted by Gasteiger charge is -2.21. The Hall–Kier alpha value is -0.0200. The van der Waals surface area contributed by atoms with Gasteiger partial charge < -0.3 is 9.73 Å². The van der Waals surface area contributed by atoms with Gasteiger partial charge in [-0.1, -0.05) is 0 Å². The lowest BCUT2D eigenvalue weighted by molar-refractivity contribution is 0.460. The summed E-state index contributed by atoms with van der Waals surface area (Å²) in [4.78, 5) is 0.159. The van der Waals surface area contributed by atoms with E-state index in [0.29, 0.717) is 24.9 Å². The predicted octanol–water partition coefficient (Wildman–Crippen LogP) is 2.71. The fourth-order valence-corrected chi connectivity index (χ4v) is 4.13. The van der Waals surface area contributed by atoms with Gasteiger partial charge in [0.2, 0.25) is 10.0 Å². The van der Waals surface area contributed by atoms with Crippen LogP contribution in [0.2, 0.25) is 0 Å². The molecule has 0 atom stereocenters. The molecule has 0 amide bonds. The number of halogens is 1. The molecule has 0 aromatic carbocycles. The third-order valence-electron chi connectivity index (χ3n) is 3.38. The first-order chi connectivity index (χ1) is 9.73. The Morgan fingerprint density at radius 2 is 2.14 bits per heavy atom. The zero-order valence-electron chi connectivity index (χ0n) is 12.4. The van der Waals surface area contributed by atoms with E-state index in [1.165, 1.54) is 12.8 Å². The number of thioether (sulfide) groups is 1. The highest BCUT2D eigenvalue weighted by molar-refractivity contribution is 9.10. The number of hydrogen-bond acceptors (Lipinski definition) is 5. The second-order valence-corrected chi connectivity index (χ2v) is 9.76. The van der Waals surface area contributed by atoms with Gasteiger partial charge in [0.25, 0.3) is 0 Å². The van der Waals surface area contributed by atoms with Gasteiger partial charge in [0.15, 0.2) is 4.67 Å². The van der Waals surface area contributed by atoms with Crippen LogP contribution >= 0.6 is 27.7 Å². The molecule has 1 aromatic heterocycles. The third kappa shape index (κ3) is 4.99. The van der Waals surface area contributed by atoms with Gasteiger partial charge in [-0.05, 0) is 48.9 Å². The Labute approximate surface area is 138 Å². The van der Waals surface area contributed by atoms with Crippen LogP contribution in [0.1, 0.15) is 32.4 Å². The summed E-state index contributed by atoms with van der Waals surface area (Å²) in [5, 5.41) is 3.30. The zero-order chi connectivity index (χ0) is 15.7. The van der Waals surface area contributed by atoms with Crippen LogP contribution in [0.25, 0.3) is 0 Å². The van der Waals surface area contributed by atoms with Gasteiger partial charge in [-0.3, -0.25) is 0 Å². The van der Waals surface area contributed by atoms with E-state index in [-0.39, 0.29) is 14.3 Å². The Morgan fingerprint density at radius 1 is 1.48 bits per heavy atom. The summed E-state index contributed by atoms with van der Waals surface area (Å²) in [7, 11) is -3.57. The van der Waals surface area contributed by atoms with Gasteiger partial charge >= 0.3 is 0 Å². The maximum atomic E-state index is 12.3. The van der Waals surface area contributed by atoms with Crippen LogP contribution in [0.4, 0.5) is 0 Å². The molecular formula is C13H21BrN2O3S2. The summed E-state index contributed by atoms with van der Waals surface area (Å²) in [5.74, 6) is 0.623. The normalized spacial score (nSPS) is 16.4. The minimum Gasteiger partial charge on any atom is -0.452 e. The standard InChI is InChI=1S/C13H21BrN2O3S2/c1-13(2,20-3)8-16-21(17,18)11-6-10(19-12(11)14)7-15-9-4-5-9/h6,9,15-16H,4-5,7-8H2,1-3H3. The Kier molecular flexibility index (Phi) is 5.46. The van der Waals surface area contributed by atoms with Gasteiger partial charge in [0.05, 0.1) is 6.54 Å². The summed E-state index contributed by atoms with van der Waals surface area (Å²) in [6.45, 7) is 4.91. The smallest absolute Gasteiger partial charge is 0.245 e. The van der Waals surface area contributed by atoms with E-state index in [9.17, 15) is 8.42 Å². The Balaban J connectivity index is 2.04. The highest BCUT2D eigenvalue weighted by Gasteiger charge is 2.26. The van der Waals surface area contributed by atoms with Gasteiger partial charge in [-0.2, -0.15) is 11.8 Å². The Bertz CT molecular complexity index is 595. The van der Waals surface area contributed by atoms with E-state index in [2.05, 4.69) is 26.0 Å². The number of nitrogens with one attached hydrogen (secondary N) is 2. The lowest BCUT2D eigenvalue weighted by Crippen LogP contribution is -2.36. The fraction of sp³-hybridized carbons (Fsp3) is 0.692. The molecule has 1 heterocycles. The van der Waals surface area contributed by atoms with Crippen molar-refractivity contribution in [1.82, 2.24) is 10.0 Å². The Morgan fingerprint density at radius 3 is 2.71 bits per heavy atom. The predicted molar refractivity (Wildman–Crippen MR) is 89.1 cm³/mol. The van der Waals surface area contributed by atoms with Gasteiger partial charge in [0, 0.05) is 23.4 Å². The molecule has 1 aliphatic rings. The first kappa shape index (κ1) is 17.3. The molecule has 2 N–H and O–H groups in total. The second kappa shape index (κ2) is 6.62. The first-order valence-corrected chi connectivity index (χ1v) is 10.3. The van der Waals surface area contributed by atoms with Crippen LogP contribution in [0, 0.1) is 0 Å². The van der Waals surface area contributed by atoms with Crippen LogP contribution in [0.5, 0.6) is 0 Å². The van der Waals surface area contributed by atoms with Gasteiger partial charge in [-0.15, -0.1) is 0 Å². The molecule has 2 rings (SSSR count). The van der Waals surface area contributed by atoms with Crippen molar-refractivity contribution >= 4 is 37.7 Å². The molecule has 0 radical (unpaired) electrons. The molecule has 0 saturated heterocycles. The van der Waals surface area contributed by atoms with Crippen molar-refractivity contribution in [2.45, 2.75) is 48.9 Å².